The van der Waals surface area contributed by atoms with Gasteiger partial charge in [-0.15, -0.1) is 0 Å². The van der Waals surface area contributed by atoms with Crippen molar-refractivity contribution < 1.29 is 18.0 Å². The maximum atomic E-state index is 13.7. The lowest BCUT2D eigenvalue weighted by Crippen LogP contribution is -2.34. The molecule has 0 radical (unpaired) electrons. The molecule has 0 bridgehead atoms. The molecular weight excluding hydrogens is 460 g/mol. The van der Waals surface area contributed by atoms with Gasteiger partial charge in [-0.25, -0.2) is 4.79 Å². The molecule has 0 saturated heterocycles. The number of hydrogen-bond acceptors (Lipinski definition) is 1. The minimum Gasteiger partial charge on any atom is -0.341 e. The number of alkyl halides is 3. The number of nitrogens with one attached hydrogen (secondary N) is 2. The van der Waals surface area contributed by atoms with Gasteiger partial charge in [0.2, 0.25) is 0 Å². The predicted molar refractivity (Wildman–Crippen MR) is 114 cm³/mol. The van der Waals surface area contributed by atoms with Crippen LogP contribution >= 0.6 is 34.8 Å². The van der Waals surface area contributed by atoms with Crippen LogP contribution in [-0.2, 0) is 6.42 Å². The van der Waals surface area contributed by atoms with Gasteiger partial charge in [0.25, 0.3) is 0 Å². The molecule has 0 fully saturated rings. The maximum Gasteiger partial charge on any atom is 0.399 e. The number of carbonyl (C=O) groups is 1. The summed E-state index contributed by atoms with van der Waals surface area (Å²) in [6, 6.07) is 7.37. The molecular formula is C21H18Cl3F3N2O. The van der Waals surface area contributed by atoms with E-state index >= 15 is 0 Å². The molecule has 2 aromatic rings. The van der Waals surface area contributed by atoms with E-state index in [9.17, 15) is 18.0 Å². The van der Waals surface area contributed by atoms with Gasteiger partial charge >= 0.3 is 12.2 Å². The van der Waals surface area contributed by atoms with Gasteiger partial charge < -0.3 is 10.6 Å². The molecule has 2 N–H and O–H groups in total. The Morgan fingerprint density at radius 2 is 1.83 bits per heavy atom. The van der Waals surface area contributed by atoms with Crippen LogP contribution in [0.2, 0.25) is 15.1 Å². The van der Waals surface area contributed by atoms with Gasteiger partial charge in [-0.1, -0.05) is 65.2 Å². The first-order valence-corrected chi connectivity index (χ1v) is 10.2. The number of urea groups is 1. The van der Waals surface area contributed by atoms with E-state index in [4.69, 9.17) is 34.8 Å². The molecule has 3 rings (SSSR count). The first kappa shape index (κ1) is 22.8. The van der Waals surface area contributed by atoms with E-state index in [0.29, 0.717) is 5.56 Å². The summed E-state index contributed by atoms with van der Waals surface area (Å²) in [5.74, 6) is -1.89. The van der Waals surface area contributed by atoms with Crippen molar-refractivity contribution in [2.75, 3.05) is 7.05 Å². The standard InChI is InChI=1S/C21H18Cl3F3N2O/c1-28-20(30)29-18-7-4-12-8-11(2-5-14(12)18)3-6-15(21(25,26)27)13-9-16(22)19(24)17(23)10-13/h2-3,5-6,8-10,15,18H,4,7H2,1H3,(H2,28,29,30)/b6-3+. The summed E-state index contributed by atoms with van der Waals surface area (Å²) in [7, 11) is 1.54. The number of benzene rings is 2. The fourth-order valence-electron chi connectivity index (χ4n) is 3.49. The Bertz CT molecular complexity index is 969. The summed E-state index contributed by atoms with van der Waals surface area (Å²) in [6.07, 6.45) is -0.558. The zero-order chi connectivity index (χ0) is 22.1. The molecule has 0 aliphatic heterocycles. The van der Waals surface area contributed by atoms with Crippen molar-refractivity contribution in [1.82, 2.24) is 10.6 Å². The Kier molecular flexibility index (Phi) is 6.90. The van der Waals surface area contributed by atoms with Crippen molar-refractivity contribution in [3.63, 3.8) is 0 Å². The SMILES string of the molecule is CNC(=O)NC1CCc2cc(/C=C/C(c3cc(Cl)c(Cl)c(Cl)c3)C(F)(F)F)ccc21. The fraction of sp³-hybridized carbons (Fsp3) is 0.286. The van der Waals surface area contributed by atoms with Crippen LogP contribution in [0.15, 0.2) is 36.4 Å². The highest BCUT2D eigenvalue weighted by Gasteiger charge is 2.39. The second-order valence-electron chi connectivity index (χ2n) is 6.95. The number of hydrogen-bond donors (Lipinski definition) is 2. The van der Waals surface area contributed by atoms with Crippen molar-refractivity contribution in [2.45, 2.75) is 31.0 Å². The topological polar surface area (TPSA) is 41.1 Å². The van der Waals surface area contributed by atoms with Crippen LogP contribution in [0.1, 0.15) is 40.6 Å². The second-order valence-corrected chi connectivity index (χ2v) is 8.14. The summed E-state index contributed by atoms with van der Waals surface area (Å²) in [6.45, 7) is 0. The zero-order valence-electron chi connectivity index (χ0n) is 15.8. The lowest BCUT2D eigenvalue weighted by Gasteiger charge is -2.18. The normalized spacial score (nSPS) is 17.1. The number of aryl methyl sites for hydroxylation is 1. The summed E-state index contributed by atoms with van der Waals surface area (Å²) >= 11 is 17.7. The zero-order valence-corrected chi connectivity index (χ0v) is 18.1. The van der Waals surface area contributed by atoms with Gasteiger partial charge in [-0.3, -0.25) is 0 Å². The molecule has 0 spiro atoms. The van der Waals surface area contributed by atoms with Gasteiger partial charge in [0, 0.05) is 7.05 Å². The molecule has 3 nitrogen and oxygen atoms in total. The Labute approximate surface area is 187 Å². The number of halogens is 6. The van der Waals surface area contributed by atoms with Gasteiger partial charge in [-0.2, -0.15) is 13.2 Å². The second kappa shape index (κ2) is 9.08. The smallest absolute Gasteiger partial charge is 0.341 e. The monoisotopic (exact) mass is 476 g/mol. The molecule has 2 aromatic carbocycles. The van der Waals surface area contributed by atoms with Crippen molar-refractivity contribution in [3.05, 3.63) is 73.7 Å². The van der Waals surface area contributed by atoms with Crippen molar-refractivity contribution in [1.29, 1.82) is 0 Å². The summed E-state index contributed by atoms with van der Waals surface area (Å²) in [4.78, 5) is 11.6. The minimum absolute atomic E-state index is 0.0190. The third-order valence-electron chi connectivity index (χ3n) is 4.98. The van der Waals surface area contributed by atoms with Crippen LogP contribution in [-0.4, -0.2) is 19.3 Å². The lowest BCUT2D eigenvalue weighted by molar-refractivity contribution is -0.139. The molecule has 1 aliphatic rings. The molecule has 0 aromatic heterocycles. The predicted octanol–water partition coefficient (Wildman–Crippen LogP) is 6.92. The number of allylic oxidation sites excluding steroid dienone is 1. The molecule has 2 atom stereocenters. The lowest BCUT2D eigenvalue weighted by atomic mass is 9.96. The molecule has 2 amide bonds. The maximum absolute atomic E-state index is 13.7. The van der Waals surface area contributed by atoms with Gasteiger partial charge in [0.1, 0.15) is 0 Å². The number of carbonyl (C=O) groups excluding carboxylic acids is 1. The molecule has 30 heavy (non-hydrogen) atoms. The summed E-state index contributed by atoms with van der Waals surface area (Å²) in [5.41, 5.74) is 2.52. The average molecular weight is 478 g/mol. The molecule has 0 heterocycles. The average Bonchev–Trinajstić information content (AvgIpc) is 3.07. The number of rotatable bonds is 4. The Balaban J connectivity index is 1.87. The highest BCUT2D eigenvalue weighted by atomic mass is 35.5. The van der Waals surface area contributed by atoms with E-state index in [-0.39, 0.29) is 32.7 Å². The third kappa shape index (κ3) is 5.05. The van der Waals surface area contributed by atoms with Gasteiger partial charge in [0.05, 0.1) is 27.0 Å². The van der Waals surface area contributed by atoms with E-state index < -0.39 is 12.1 Å². The molecule has 160 valence electrons. The highest BCUT2D eigenvalue weighted by molar-refractivity contribution is 6.48. The quantitative estimate of drug-likeness (QED) is 0.461. The number of fused-ring (bicyclic) bond motifs is 1. The van der Waals surface area contributed by atoms with Crippen LogP contribution in [0.5, 0.6) is 0 Å². The van der Waals surface area contributed by atoms with E-state index in [2.05, 4.69) is 10.6 Å². The fourth-order valence-corrected chi connectivity index (χ4v) is 4.11. The molecule has 2 unspecified atom stereocenters. The Morgan fingerprint density at radius 1 is 1.17 bits per heavy atom. The third-order valence-corrected chi connectivity index (χ3v) is 6.17. The van der Waals surface area contributed by atoms with Gasteiger partial charge in [-0.05, 0) is 47.2 Å². The van der Waals surface area contributed by atoms with Crippen molar-refractivity contribution in [2.24, 2.45) is 0 Å². The van der Waals surface area contributed by atoms with E-state index in [0.717, 1.165) is 30.0 Å². The van der Waals surface area contributed by atoms with Crippen LogP contribution in [0.4, 0.5) is 18.0 Å². The minimum atomic E-state index is -4.53. The first-order valence-electron chi connectivity index (χ1n) is 9.10. The summed E-state index contributed by atoms with van der Waals surface area (Å²) in [5, 5.41) is 5.32. The molecule has 9 heteroatoms. The highest BCUT2D eigenvalue weighted by Crippen LogP contribution is 2.41. The van der Waals surface area contributed by atoms with Crippen molar-refractivity contribution >= 4 is 46.9 Å². The van der Waals surface area contributed by atoms with Crippen LogP contribution in [0, 0.1) is 0 Å². The van der Waals surface area contributed by atoms with E-state index in [1.54, 1.807) is 6.07 Å². The Hall–Kier alpha value is -1.89. The molecule has 0 saturated carbocycles. The van der Waals surface area contributed by atoms with E-state index in [1.807, 2.05) is 12.1 Å². The number of amides is 2. The van der Waals surface area contributed by atoms with Gasteiger partial charge in [0.15, 0.2) is 0 Å². The van der Waals surface area contributed by atoms with Crippen LogP contribution in [0.25, 0.3) is 6.08 Å². The van der Waals surface area contributed by atoms with Crippen LogP contribution < -0.4 is 10.6 Å². The van der Waals surface area contributed by atoms with Crippen molar-refractivity contribution in [3.8, 4) is 0 Å². The first-order chi connectivity index (χ1) is 14.1. The van der Waals surface area contributed by atoms with E-state index in [1.165, 1.54) is 25.3 Å². The summed E-state index contributed by atoms with van der Waals surface area (Å²) < 4.78 is 41.0. The van der Waals surface area contributed by atoms with Crippen LogP contribution in [0.3, 0.4) is 0 Å². The largest absolute Gasteiger partial charge is 0.399 e. The molecule has 1 aliphatic carbocycles. The Morgan fingerprint density at radius 3 is 2.43 bits per heavy atom.